The summed E-state index contributed by atoms with van der Waals surface area (Å²) >= 11 is 0. The van der Waals surface area contributed by atoms with Crippen LogP contribution in [-0.2, 0) is 11.2 Å². The van der Waals surface area contributed by atoms with E-state index in [9.17, 15) is 19.0 Å². The molecule has 6 nitrogen and oxygen atoms in total. The van der Waals surface area contributed by atoms with Gasteiger partial charge >= 0.3 is 0 Å². The van der Waals surface area contributed by atoms with Gasteiger partial charge in [0.15, 0.2) is 5.82 Å². The first-order valence-corrected chi connectivity index (χ1v) is 5.77. The van der Waals surface area contributed by atoms with E-state index in [0.29, 0.717) is 0 Å². The van der Waals surface area contributed by atoms with Crippen LogP contribution in [-0.4, -0.2) is 40.0 Å². The van der Waals surface area contributed by atoms with Crippen LogP contribution in [0.5, 0.6) is 11.5 Å². The number of benzene rings is 1. The average molecular weight is 286 g/mol. The molecule has 0 fully saturated rings. The van der Waals surface area contributed by atoms with E-state index in [1.165, 1.54) is 12.1 Å². The van der Waals surface area contributed by atoms with Crippen molar-refractivity contribution >= 4 is 0 Å². The van der Waals surface area contributed by atoms with E-state index in [1.807, 2.05) is 0 Å². The molecule has 0 aliphatic heterocycles. The molecule has 2 N–H and O–H groups in total. The average Bonchev–Trinajstić information content (AvgIpc) is 2.83. The standard InChI is InChI=1S/C12H12F2N2O4/c13-10(14)6-19-4-3-11-15-12(20-16-11)8-2-1-7(17)5-9(8)18/h1-2,5,10,17-18H,3-4,6H2. The summed E-state index contributed by atoms with van der Waals surface area (Å²) < 4.78 is 33.3. The summed E-state index contributed by atoms with van der Waals surface area (Å²) in [7, 11) is 0. The van der Waals surface area contributed by atoms with Gasteiger partial charge in [-0.25, -0.2) is 8.78 Å². The molecule has 1 aromatic carbocycles. The molecular formula is C12H12F2N2O4. The zero-order valence-electron chi connectivity index (χ0n) is 10.3. The predicted molar refractivity (Wildman–Crippen MR) is 63.6 cm³/mol. The van der Waals surface area contributed by atoms with Crippen LogP contribution in [0.3, 0.4) is 0 Å². The SMILES string of the molecule is Oc1ccc(-c2nc(CCOCC(F)F)no2)c(O)c1. The molecule has 1 heterocycles. The molecule has 0 spiro atoms. The molecule has 0 saturated carbocycles. The van der Waals surface area contributed by atoms with Gasteiger partial charge in [0.25, 0.3) is 12.3 Å². The largest absolute Gasteiger partial charge is 0.508 e. The van der Waals surface area contributed by atoms with Gasteiger partial charge in [0, 0.05) is 12.5 Å². The van der Waals surface area contributed by atoms with Crippen LogP contribution in [0.15, 0.2) is 22.7 Å². The quantitative estimate of drug-likeness (QED) is 0.789. The van der Waals surface area contributed by atoms with Crippen LogP contribution in [0.4, 0.5) is 8.78 Å². The number of halogens is 2. The smallest absolute Gasteiger partial charge is 0.261 e. The molecule has 0 aliphatic rings. The molecule has 2 aromatic rings. The van der Waals surface area contributed by atoms with Gasteiger partial charge in [-0.1, -0.05) is 5.16 Å². The first-order chi connectivity index (χ1) is 9.56. The van der Waals surface area contributed by atoms with Crippen LogP contribution in [0, 0.1) is 0 Å². The number of phenols is 2. The van der Waals surface area contributed by atoms with Crippen LogP contribution in [0.2, 0.25) is 0 Å². The fourth-order valence-corrected chi connectivity index (χ4v) is 1.50. The molecule has 0 aliphatic carbocycles. The summed E-state index contributed by atoms with van der Waals surface area (Å²) in [6.07, 6.45) is -2.29. The molecule has 0 amide bonds. The molecule has 8 heteroatoms. The van der Waals surface area contributed by atoms with Gasteiger partial charge in [0.2, 0.25) is 0 Å². The minimum Gasteiger partial charge on any atom is -0.508 e. The van der Waals surface area contributed by atoms with Crippen molar-refractivity contribution in [1.82, 2.24) is 10.1 Å². The molecule has 0 saturated heterocycles. The minimum absolute atomic E-state index is 0.0465. The number of alkyl halides is 2. The monoisotopic (exact) mass is 286 g/mol. The lowest BCUT2D eigenvalue weighted by molar-refractivity contribution is 0.0182. The van der Waals surface area contributed by atoms with Crippen molar-refractivity contribution in [2.45, 2.75) is 12.8 Å². The summed E-state index contributed by atoms with van der Waals surface area (Å²) in [6.45, 7) is -0.589. The maximum absolute atomic E-state index is 11.8. The molecule has 0 unspecified atom stereocenters. The first-order valence-electron chi connectivity index (χ1n) is 5.77. The number of aromatic nitrogens is 2. The van der Waals surface area contributed by atoms with Crippen LogP contribution in [0.25, 0.3) is 11.5 Å². The van der Waals surface area contributed by atoms with Gasteiger partial charge in [0.1, 0.15) is 18.1 Å². The highest BCUT2D eigenvalue weighted by Gasteiger charge is 2.13. The maximum atomic E-state index is 11.8. The highest BCUT2D eigenvalue weighted by molar-refractivity contribution is 5.63. The van der Waals surface area contributed by atoms with E-state index in [-0.39, 0.29) is 41.8 Å². The summed E-state index contributed by atoms with van der Waals surface area (Å²) in [6, 6.07) is 3.94. The number of hydrogen-bond acceptors (Lipinski definition) is 6. The van der Waals surface area contributed by atoms with E-state index < -0.39 is 13.0 Å². The zero-order valence-corrected chi connectivity index (χ0v) is 10.3. The van der Waals surface area contributed by atoms with Gasteiger partial charge in [-0.15, -0.1) is 0 Å². The van der Waals surface area contributed by atoms with Crippen molar-refractivity contribution in [3.63, 3.8) is 0 Å². The van der Waals surface area contributed by atoms with Crippen molar-refractivity contribution < 1.29 is 28.3 Å². The van der Waals surface area contributed by atoms with E-state index in [4.69, 9.17) is 9.26 Å². The Morgan fingerprint density at radius 2 is 2.10 bits per heavy atom. The molecule has 1 aromatic heterocycles. The normalized spacial score (nSPS) is 11.2. The van der Waals surface area contributed by atoms with E-state index in [1.54, 1.807) is 0 Å². The molecule has 2 rings (SSSR count). The number of ether oxygens (including phenoxy) is 1. The number of hydrogen-bond donors (Lipinski definition) is 2. The van der Waals surface area contributed by atoms with Crippen LogP contribution < -0.4 is 0 Å². The molecule has 0 bridgehead atoms. The Balaban J connectivity index is 1.98. The predicted octanol–water partition coefficient (Wildman–Crippen LogP) is 1.97. The molecule has 0 radical (unpaired) electrons. The van der Waals surface area contributed by atoms with Gasteiger partial charge in [-0.2, -0.15) is 4.98 Å². The summed E-state index contributed by atoms with van der Waals surface area (Å²) in [5, 5.41) is 22.5. The van der Waals surface area contributed by atoms with E-state index in [2.05, 4.69) is 10.1 Å². The lowest BCUT2D eigenvalue weighted by Gasteiger charge is -2.00. The van der Waals surface area contributed by atoms with Crippen molar-refractivity contribution in [2.75, 3.05) is 13.2 Å². The lowest BCUT2D eigenvalue weighted by atomic mass is 10.2. The molecule has 20 heavy (non-hydrogen) atoms. The van der Waals surface area contributed by atoms with Crippen LogP contribution in [0.1, 0.15) is 5.82 Å². The van der Waals surface area contributed by atoms with Gasteiger partial charge in [-0.3, -0.25) is 0 Å². The Morgan fingerprint density at radius 1 is 1.30 bits per heavy atom. The zero-order chi connectivity index (χ0) is 14.5. The summed E-state index contributed by atoms with van der Waals surface area (Å²) in [4.78, 5) is 4.00. The fourth-order valence-electron chi connectivity index (χ4n) is 1.50. The van der Waals surface area contributed by atoms with Crippen molar-refractivity contribution in [1.29, 1.82) is 0 Å². The van der Waals surface area contributed by atoms with Gasteiger partial charge in [0.05, 0.1) is 12.2 Å². The fraction of sp³-hybridized carbons (Fsp3) is 0.333. The third-order valence-electron chi connectivity index (χ3n) is 2.39. The summed E-state index contributed by atoms with van der Waals surface area (Å²) in [5.41, 5.74) is 0.273. The Kier molecular flexibility index (Phi) is 4.46. The molecular weight excluding hydrogens is 274 g/mol. The number of aromatic hydroxyl groups is 2. The Hall–Kier alpha value is -2.22. The first kappa shape index (κ1) is 14.2. The number of rotatable bonds is 6. The highest BCUT2D eigenvalue weighted by atomic mass is 19.3. The van der Waals surface area contributed by atoms with Crippen molar-refractivity contribution in [3.8, 4) is 23.0 Å². The van der Waals surface area contributed by atoms with E-state index >= 15 is 0 Å². The third kappa shape index (κ3) is 3.64. The Labute approximate surface area is 112 Å². The highest BCUT2D eigenvalue weighted by Crippen LogP contribution is 2.30. The maximum Gasteiger partial charge on any atom is 0.261 e. The van der Waals surface area contributed by atoms with Gasteiger partial charge in [-0.05, 0) is 12.1 Å². The minimum atomic E-state index is -2.51. The Bertz CT molecular complexity index is 574. The summed E-state index contributed by atoms with van der Waals surface area (Å²) in [5.74, 6) is 0.0636. The van der Waals surface area contributed by atoms with Gasteiger partial charge < -0.3 is 19.5 Å². The second-order valence-corrected chi connectivity index (χ2v) is 3.93. The lowest BCUT2D eigenvalue weighted by Crippen LogP contribution is -2.07. The topological polar surface area (TPSA) is 88.6 Å². The molecule has 108 valence electrons. The van der Waals surface area contributed by atoms with Crippen LogP contribution >= 0.6 is 0 Å². The Morgan fingerprint density at radius 3 is 2.80 bits per heavy atom. The van der Waals surface area contributed by atoms with E-state index in [0.717, 1.165) is 6.07 Å². The number of phenolic OH excluding ortho intramolecular Hbond substituents is 2. The second kappa shape index (κ2) is 6.29. The number of nitrogens with zero attached hydrogens (tertiary/aromatic N) is 2. The van der Waals surface area contributed by atoms with Crippen molar-refractivity contribution in [2.24, 2.45) is 0 Å². The second-order valence-electron chi connectivity index (χ2n) is 3.93. The third-order valence-corrected chi connectivity index (χ3v) is 2.39. The van der Waals surface area contributed by atoms with Crippen molar-refractivity contribution in [3.05, 3.63) is 24.0 Å². The molecule has 0 atom stereocenters.